The molecule has 2 aromatic rings. The molecule has 132 valence electrons. The highest BCUT2D eigenvalue weighted by atomic mass is 35.5. The highest BCUT2D eigenvalue weighted by Gasteiger charge is 2.14. The van der Waals surface area contributed by atoms with E-state index in [2.05, 4.69) is 10.3 Å². The SMILES string of the molecule is CCOc1ccc(C(=O)OCC(=O)Nc2cccnc2Cl)cc1OC. The molecule has 8 heteroatoms. The molecule has 1 aromatic heterocycles. The Hall–Kier alpha value is -2.80. The zero-order chi connectivity index (χ0) is 18.2. The molecule has 25 heavy (non-hydrogen) atoms. The number of nitrogens with zero attached hydrogens (tertiary/aromatic N) is 1. The van der Waals surface area contributed by atoms with E-state index in [1.165, 1.54) is 25.4 Å². The van der Waals surface area contributed by atoms with E-state index in [0.717, 1.165) is 0 Å². The second-order valence-electron chi connectivity index (χ2n) is 4.76. The summed E-state index contributed by atoms with van der Waals surface area (Å²) >= 11 is 5.84. The van der Waals surface area contributed by atoms with Crippen molar-refractivity contribution in [2.24, 2.45) is 0 Å². The van der Waals surface area contributed by atoms with Gasteiger partial charge in [-0.2, -0.15) is 0 Å². The van der Waals surface area contributed by atoms with Crippen molar-refractivity contribution in [3.05, 3.63) is 47.2 Å². The summed E-state index contributed by atoms with van der Waals surface area (Å²) in [5.41, 5.74) is 0.584. The lowest BCUT2D eigenvalue weighted by Crippen LogP contribution is -2.21. The Morgan fingerprint density at radius 2 is 2.04 bits per heavy atom. The number of methoxy groups -OCH3 is 1. The third kappa shape index (κ3) is 5.09. The van der Waals surface area contributed by atoms with Crippen LogP contribution in [0.15, 0.2) is 36.5 Å². The van der Waals surface area contributed by atoms with Crippen LogP contribution in [0, 0.1) is 0 Å². The number of anilines is 1. The predicted molar refractivity (Wildman–Crippen MR) is 92.3 cm³/mol. The summed E-state index contributed by atoms with van der Waals surface area (Å²) in [6, 6.07) is 7.84. The maximum atomic E-state index is 12.1. The smallest absolute Gasteiger partial charge is 0.338 e. The van der Waals surface area contributed by atoms with Gasteiger partial charge in [0.1, 0.15) is 0 Å². The summed E-state index contributed by atoms with van der Waals surface area (Å²) in [7, 11) is 1.47. The maximum Gasteiger partial charge on any atom is 0.338 e. The molecule has 1 aromatic carbocycles. The molecular formula is C17H17ClN2O5. The van der Waals surface area contributed by atoms with Gasteiger partial charge in [-0.3, -0.25) is 4.79 Å². The quantitative estimate of drug-likeness (QED) is 0.600. The largest absolute Gasteiger partial charge is 0.493 e. The Kier molecular flexibility index (Phi) is 6.59. The fourth-order valence-electron chi connectivity index (χ4n) is 1.95. The predicted octanol–water partition coefficient (Wildman–Crippen LogP) is 2.94. The minimum Gasteiger partial charge on any atom is -0.493 e. The van der Waals surface area contributed by atoms with Gasteiger partial charge >= 0.3 is 5.97 Å². The second-order valence-corrected chi connectivity index (χ2v) is 5.12. The maximum absolute atomic E-state index is 12.1. The summed E-state index contributed by atoms with van der Waals surface area (Å²) < 4.78 is 15.5. The van der Waals surface area contributed by atoms with Crippen molar-refractivity contribution in [3.8, 4) is 11.5 Å². The van der Waals surface area contributed by atoms with Gasteiger partial charge in [0, 0.05) is 6.20 Å². The van der Waals surface area contributed by atoms with E-state index in [9.17, 15) is 9.59 Å². The summed E-state index contributed by atoms with van der Waals surface area (Å²) in [6.45, 7) is 1.85. The number of aromatic nitrogens is 1. The van der Waals surface area contributed by atoms with Crippen LogP contribution >= 0.6 is 11.6 Å². The summed E-state index contributed by atoms with van der Waals surface area (Å²) in [4.78, 5) is 27.7. The van der Waals surface area contributed by atoms with E-state index in [-0.39, 0.29) is 10.7 Å². The van der Waals surface area contributed by atoms with Crippen molar-refractivity contribution < 1.29 is 23.8 Å². The van der Waals surface area contributed by atoms with Crippen molar-refractivity contribution in [1.29, 1.82) is 0 Å². The summed E-state index contributed by atoms with van der Waals surface area (Å²) in [5.74, 6) is -0.261. The molecule has 1 amide bonds. The van der Waals surface area contributed by atoms with E-state index in [1.807, 2.05) is 6.92 Å². The van der Waals surface area contributed by atoms with Crippen LogP contribution in [-0.4, -0.2) is 37.2 Å². The first kappa shape index (κ1) is 18.5. The lowest BCUT2D eigenvalue weighted by Gasteiger charge is -2.11. The van der Waals surface area contributed by atoms with Crippen molar-refractivity contribution in [2.45, 2.75) is 6.92 Å². The molecule has 0 radical (unpaired) electrons. The fraction of sp³-hybridized carbons (Fsp3) is 0.235. The number of halogens is 1. The average Bonchev–Trinajstić information content (AvgIpc) is 2.62. The highest BCUT2D eigenvalue weighted by Crippen LogP contribution is 2.28. The molecule has 0 saturated carbocycles. The monoisotopic (exact) mass is 364 g/mol. The molecule has 0 saturated heterocycles. The van der Waals surface area contributed by atoms with Crippen LogP contribution in [0.4, 0.5) is 5.69 Å². The number of rotatable bonds is 7. The molecule has 0 aliphatic carbocycles. The molecule has 2 rings (SSSR count). The molecule has 0 fully saturated rings. The van der Waals surface area contributed by atoms with Crippen molar-refractivity contribution in [1.82, 2.24) is 4.98 Å². The van der Waals surface area contributed by atoms with Gasteiger partial charge in [0.2, 0.25) is 0 Å². The van der Waals surface area contributed by atoms with E-state index in [1.54, 1.807) is 18.2 Å². The Bertz CT molecular complexity index is 766. The Morgan fingerprint density at radius 3 is 2.72 bits per heavy atom. The van der Waals surface area contributed by atoms with Crippen LogP contribution in [-0.2, 0) is 9.53 Å². The molecule has 1 N–H and O–H groups in total. The number of benzene rings is 1. The Morgan fingerprint density at radius 1 is 1.24 bits per heavy atom. The van der Waals surface area contributed by atoms with Crippen LogP contribution in [0.25, 0.3) is 0 Å². The minimum atomic E-state index is -0.659. The van der Waals surface area contributed by atoms with E-state index < -0.39 is 18.5 Å². The third-order valence-corrected chi connectivity index (χ3v) is 3.37. The molecule has 0 aliphatic heterocycles. The van der Waals surface area contributed by atoms with E-state index >= 15 is 0 Å². The molecule has 0 atom stereocenters. The molecule has 0 spiro atoms. The second kappa shape index (κ2) is 8.89. The lowest BCUT2D eigenvalue weighted by atomic mass is 10.2. The van der Waals surface area contributed by atoms with Crippen molar-refractivity contribution in [3.63, 3.8) is 0 Å². The third-order valence-electron chi connectivity index (χ3n) is 3.07. The summed E-state index contributed by atoms with van der Waals surface area (Å²) in [5, 5.41) is 2.66. The van der Waals surface area contributed by atoms with Crippen molar-refractivity contribution in [2.75, 3.05) is 25.6 Å². The average molecular weight is 365 g/mol. The molecule has 0 bridgehead atoms. The number of pyridine rings is 1. The van der Waals surface area contributed by atoms with E-state index in [0.29, 0.717) is 23.8 Å². The Balaban J connectivity index is 1.95. The van der Waals surface area contributed by atoms with Crippen LogP contribution in [0.1, 0.15) is 17.3 Å². The van der Waals surface area contributed by atoms with Gasteiger partial charge in [-0.05, 0) is 37.3 Å². The van der Waals surface area contributed by atoms with Gasteiger partial charge in [0.25, 0.3) is 5.91 Å². The zero-order valence-corrected chi connectivity index (χ0v) is 14.5. The van der Waals surface area contributed by atoms with Gasteiger partial charge in [-0.25, -0.2) is 9.78 Å². The fourth-order valence-corrected chi connectivity index (χ4v) is 2.12. The lowest BCUT2D eigenvalue weighted by molar-refractivity contribution is -0.119. The minimum absolute atomic E-state index is 0.151. The zero-order valence-electron chi connectivity index (χ0n) is 13.7. The number of hydrogen-bond acceptors (Lipinski definition) is 6. The number of hydrogen-bond donors (Lipinski definition) is 1. The highest BCUT2D eigenvalue weighted by molar-refractivity contribution is 6.32. The molecule has 7 nitrogen and oxygen atoms in total. The summed E-state index contributed by atoms with van der Waals surface area (Å²) in [6.07, 6.45) is 1.50. The molecule has 0 unspecified atom stereocenters. The van der Waals surface area contributed by atoms with Gasteiger partial charge in [0.05, 0.1) is 25.0 Å². The van der Waals surface area contributed by atoms with Crippen LogP contribution in [0.3, 0.4) is 0 Å². The van der Waals surface area contributed by atoms with Crippen LogP contribution < -0.4 is 14.8 Å². The first-order valence-corrected chi connectivity index (χ1v) is 7.81. The topological polar surface area (TPSA) is 86.8 Å². The van der Waals surface area contributed by atoms with E-state index in [4.69, 9.17) is 25.8 Å². The number of amides is 1. The number of carbonyl (C=O) groups is 2. The number of carbonyl (C=O) groups excluding carboxylic acids is 2. The normalized spacial score (nSPS) is 10.0. The number of ether oxygens (including phenoxy) is 3. The standard InChI is InChI=1S/C17H17ClN2O5/c1-3-24-13-7-6-11(9-14(13)23-2)17(22)25-10-15(21)20-12-5-4-8-19-16(12)18/h4-9H,3,10H2,1-2H3,(H,20,21). The van der Waals surface area contributed by atoms with Gasteiger partial charge in [-0.15, -0.1) is 0 Å². The van der Waals surface area contributed by atoms with Crippen LogP contribution in [0.2, 0.25) is 5.15 Å². The molecule has 1 heterocycles. The number of esters is 1. The first-order chi connectivity index (χ1) is 12.0. The Labute approximate surface area is 149 Å². The molecular weight excluding hydrogens is 348 g/mol. The van der Waals surface area contributed by atoms with Gasteiger partial charge in [0.15, 0.2) is 23.3 Å². The van der Waals surface area contributed by atoms with Crippen molar-refractivity contribution >= 4 is 29.2 Å². The number of nitrogens with one attached hydrogen (secondary N) is 1. The first-order valence-electron chi connectivity index (χ1n) is 7.43. The molecule has 0 aliphatic rings. The van der Waals surface area contributed by atoms with Gasteiger partial charge in [-0.1, -0.05) is 11.6 Å². The van der Waals surface area contributed by atoms with Gasteiger partial charge < -0.3 is 19.5 Å². The van der Waals surface area contributed by atoms with Crippen LogP contribution in [0.5, 0.6) is 11.5 Å².